The summed E-state index contributed by atoms with van der Waals surface area (Å²) in [5.74, 6) is -0.664. The van der Waals surface area contributed by atoms with Crippen LogP contribution in [0.4, 0.5) is 5.69 Å². The smallest absolute Gasteiger partial charge is 0.342 e. The van der Waals surface area contributed by atoms with Crippen molar-refractivity contribution in [3.63, 3.8) is 0 Å². The van der Waals surface area contributed by atoms with Gasteiger partial charge in [0, 0.05) is 5.02 Å². The molecule has 0 heterocycles. The molecular weight excluding hydrogens is 369 g/mol. The molecule has 0 aliphatic rings. The van der Waals surface area contributed by atoms with Gasteiger partial charge in [0.1, 0.15) is 5.56 Å². The van der Waals surface area contributed by atoms with E-state index in [1.165, 1.54) is 26.4 Å². The molecule has 0 aromatic heterocycles. The molecule has 0 aliphatic carbocycles. The lowest BCUT2D eigenvalue weighted by atomic mass is 10.2. The Balaban J connectivity index is 2.02. The van der Waals surface area contributed by atoms with Gasteiger partial charge >= 0.3 is 5.97 Å². The van der Waals surface area contributed by atoms with Gasteiger partial charge in [-0.2, -0.15) is 0 Å². The summed E-state index contributed by atoms with van der Waals surface area (Å²) in [6.07, 6.45) is 0. The fourth-order valence-corrected chi connectivity index (χ4v) is 2.37. The number of hydrogen-bond acceptors (Lipinski definition) is 5. The summed E-state index contributed by atoms with van der Waals surface area (Å²) in [6.45, 7) is -0.498. The molecule has 0 aliphatic heterocycles. The highest BCUT2D eigenvalue weighted by molar-refractivity contribution is 6.35. The number of benzene rings is 2. The molecule has 0 spiro atoms. The monoisotopic (exact) mass is 383 g/mol. The van der Waals surface area contributed by atoms with Crippen LogP contribution in [0.2, 0.25) is 10.0 Å². The van der Waals surface area contributed by atoms with Crippen LogP contribution >= 0.6 is 23.2 Å². The maximum Gasteiger partial charge on any atom is 0.342 e. The quantitative estimate of drug-likeness (QED) is 0.767. The Hall–Kier alpha value is -2.44. The predicted molar refractivity (Wildman–Crippen MR) is 94.9 cm³/mol. The number of nitrogens with one attached hydrogen (secondary N) is 1. The predicted octanol–water partition coefficient (Wildman–Crippen LogP) is 3.81. The Morgan fingerprint density at radius 2 is 1.84 bits per heavy atom. The molecule has 8 heteroatoms. The van der Waals surface area contributed by atoms with Gasteiger partial charge in [-0.1, -0.05) is 29.3 Å². The van der Waals surface area contributed by atoms with Crippen molar-refractivity contribution in [3.8, 4) is 11.5 Å². The average molecular weight is 384 g/mol. The maximum atomic E-state index is 12.2. The number of carbonyl (C=O) groups is 2. The van der Waals surface area contributed by atoms with E-state index in [4.69, 9.17) is 37.4 Å². The van der Waals surface area contributed by atoms with Crippen LogP contribution in [0.5, 0.6) is 11.5 Å². The van der Waals surface area contributed by atoms with E-state index in [9.17, 15) is 9.59 Å². The molecule has 0 radical (unpaired) electrons. The SMILES string of the molecule is COc1cccc(C(=O)OCC(=O)Nc2cc(Cl)ccc2Cl)c1OC. The zero-order valence-electron chi connectivity index (χ0n) is 13.5. The van der Waals surface area contributed by atoms with E-state index in [1.807, 2.05) is 0 Å². The zero-order chi connectivity index (χ0) is 18.4. The second-order valence-electron chi connectivity index (χ2n) is 4.79. The van der Waals surface area contributed by atoms with Crippen LogP contribution in [0.3, 0.4) is 0 Å². The second kappa shape index (κ2) is 8.60. The third-order valence-electron chi connectivity index (χ3n) is 3.16. The second-order valence-corrected chi connectivity index (χ2v) is 5.63. The molecular formula is C17H15Cl2NO5. The largest absolute Gasteiger partial charge is 0.493 e. The van der Waals surface area contributed by atoms with Crippen LogP contribution in [-0.2, 0) is 9.53 Å². The van der Waals surface area contributed by atoms with E-state index in [0.29, 0.717) is 21.5 Å². The number of carbonyl (C=O) groups excluding carboxylic acids is 2. The molecule has 1 N–H and O–H groups in total. The fraction of sp³-hybridized carbons (Fsp3) is 0.176. The van der Waals surface area contributed by atoms with Crippen molar-refractivity contribution in [2.24, 2.45) is 0 Å². The normalized spacial score (nSPS) is 10.1. The van der Waals surface area contributed by atoms with E-state index in [2.05, 4.69) is 5.32 Å². The Kier molecular flexibility index (Phi) is 6.50. The summed E-state index contributed by atoms with van der Waals surface area (Å²) in [7, 11) is 2.86. The van der Waals surface area contributed by atoms with Crippen molar-refractivity contribution in [2.45, 2.75) is 0 Å². The fourth-order valence-electron chi connectivity index (χ4n) is 2.04. The molecule has 0 saturated carbocycles. The molecule has 2 aromatic carbocycles. The number of esters is 1. The molecule has 0 atom stereocenters. The summed E-state index contributed by atoms with van der Waals surface area (Å²) in [4.78, 5) is 24.1. The Labute approximate surface area is 154 Å². The van der Waals surface area contributed by atoms with Gasteiger partial charge in [0.15, 0.2) is 18.1 Å². The van der Waals surface area contributed by atoms with E-state index >= 15 is 0 Å². The minimum absolute atomic E-state index is 0.149. The summed E-state index contributed by atoms with van der Waals surface area (Å²) < 4.78 is 15.3. The van der Waals surface area contributed by atoms with E-state index in [-0.39, 0.29) is 11.3 Å². The van der Waals surface area contributed by atoms with Crippen molar-refractivity contribution in [3.05, 3.63) is 52.0 Å². The van der Waals surface area contributed by atoms with Gasteiger partial charge in [0.2, 0.25) is 0 Å². The lowest BCUT2D eigenvalue weighted by Gasteiger charge is -2.12. The number of amides is 1. The lowest BCUT2D eigenvalue weighted by molar-refractivity contribution is -0.119. The molecule has 0 saturated heterocycles. The summed E-state index contributed by atoms with van der Waals surface area (Å²) >= 11 is 11.8. The van der Waals surface area contributed by atoms with Gasteiger partial charge in [-0.15, -0.1) is 0 Å². The lowest BCUT2D eigenvalue weighted by Crippen LogP contribution is -2.21. The van der Waals surface area contributed by atoms with Crippen LogP contribution in [0, 0.1) is 0 Å². The maximum absolute atomic E-state index is 12.2. The number of methoxy groups -OCH3 is 2. The van der Waals surface area contributed by atoms with Crippen molar-refractivity contribution in [2.75, 3.05) is 26.1 Å². The molecule has 0 fully saturated rings. The van der Waals surface area contributed by atoms with E-state index < -0.39 is 18.5 Å². The average Bonchev–Trinajstić information content (AvgIpc) is 2.61. The van der Waals surface area contributed by atoms with Gasteiger partial charge in [0.05, 0.1) is 24.9 Å². The van der Waals surface area contributed by atoms with Gasteiger partial charge < -0.3 is 19.5 Å². The van der Waals surface area contributed by atoms with E-state index in [1.54, 1.807) is 24.3 Å². The topological polar surface area (TPSA) is 73.9 Å². The summed E-state index contributed by atoms with van der Waals surface area (Å²) in [5, 5.41) is 3.25. The van der Waals surface area contributed by atoms with Crippen LogP contribution in [0.1, 0.15) is 10.4 Å². The van der Waals surface area contributed by atoms with Crippen molar-refractivity contribution >= 4 is 40.8 Å². The minimum atomic E-state index is -0.719. The Bertz CT molecular complexity index is 795. The highest BCUT2D eigenvalue weighted by Gasteiger charge is 2.19. The van der Waals surface area contributed by atoms with Gasteiger partial charge in [-0.3, -0.25) is 4.79 Å². The molecule has 6 nitrogen and oxygen atoms in total. The van der Waals surface area contributed by atoms with Crippen LogP contribution in [0.25, 0.3) is 0 Å². The number of hydrogen-bond donors (Lipinski definition) is 1. The molecule has 2 rings (SSSR count). The number of anilines is 1. The van der Waals surface area contributed by atoms with Crippen LogP contribution in [-0.4, -0.2) is 32.7 Å². The minimum Gasteiger partial charge on any atom is -0.493 e. The van der Waals surface area contributed by atoms with E-state index in [0.717, 1.165) is 0 Å². The molecule has 0 bridgehead atoms. The first-order chi connectivity index (χ1) is 12.0. The number of rotatable bonds is 6. The van der Waals surface area contributed by atoms with Crippen LogP contribution < -0.4 is 14.8 Å². The van der Waals surface area contributed by atoms with Gasteiger partial charge in [-0.25, -0.2) is 4.79 Å². The molecule has 1 amide bonds. The third kappa shape index (κ3) is 4.78. The standard InChI is InChI=1S/C17H15Cl2NO5/c1-23-14-5-3-4-11(16(14)24-2)17(22)25-9-15(21)20-13-8-10(18)6-7-12(13)19/h3-8H,9H2,1-2H3,(H,20,21). The van der Waals surface area contributed by atoms with Crippen molar-refractivity contribution in [1.82, 2.24) is 0 Å². The first kappa shape index (κ1) is 18.9. The Morgan fingerprint density at radius 3 is 2.52 bits per heavy atom. The summed E-state index contributed by atoms with van der Waals surface area (Å²) in [5.41, 5.74) is 0.476. The molecule has 0 unspecified atom stereocenters. The van der Waals surface area contributed by atoms with Crippen molar-refractivity contribution in [1.29, 1.82) is 0 Å². The highest BCUT2D eigenvalue weighted by Crippen LogP contribution is 2.31. The van der Waals surface area contributed by atoms with Gasteiger partial charge in [0.25, 0.3) is 5.91 Å². The zero-order valence-corrected chi connectivity index (χ0v) is 15.0. The number of para-hydroxylation sites is 1. The first-order valence-corrected chi connectivity index (χ1v) is 7.85. The van der Waals surface area contributed by atoms with Gasteiger partial charge in [-0.05, 0) is 30.3 Å². The number of halogens is 2. The Morgan fingerprint density at radius 1 is 1.08 bits per heavy atom. The molecule has 2 aromatic rings. The first-order valence-electron chi connectivity index (χ1n) is 7.09. The summed E-state index contributed by atoms with van der Waals surface area (Å²) in [6, 6.07) is 9.40. The van der Waals surface area contributed by atoms with Crippen molar-refractivity contribution < 1.29 is 23.8 Å². The highest BCUT2D eigenvalue weighted by atomic mass is 35.5. The third-order valence-corrected chi connectivity index (χ3v) is 3.72. The molecule has 132 valence electrons. The number of ether oxygens (including phenoxy) is 3. The molecule has 25 heavy (non-hydrogen) atoms. The van der Waals surface area contributed by atoms with Crippen LogP contribution in [0.15, 0.2) is 36.4 Å².